The second-order valence-electron chi connectivity index (χ2n) is 4.18. The second kappa shape index (κ2) is 7.65. The summed E-state index contributed by atoms with van der Waals surface area (Å²) < 4.78 is 5.52. The Morgan fingerprint density at radius 1 is 1.29 bits per heavy atom. The Morgan fingerprint density at radius 3 is 2.90 bits per heavy atom. The van der Waals surface area contributed by atoms with Crippen molar-refractivity contribution in [3.05, 3.63) is 54.1 Å². The molecule has 0 atom stereocenters. The minimum atomic E-state index is -0.294. The molecule has 0 saturated heterocycles. The molecule has 0 fully saturated rings. The van der Waals surface area contributed by atoms with Crippen LogP contribution in [0.1, 0.15) is 16.1 Å². The van der Waals surface area contributed by atoms with Crippen molar-refractivity contribution in [3.8, 4) is 17.6 Å². The van der Waals surface area contributed by atoms with Crippen molar-refractivity contribution in [2.75, 3.05) is 13.2 Å². The molecule has 2 rings (SSSR count). The monoisotopic (exact) mass is 281 g/mol. The molecule has 0 aliphatic carbocycles. The number of carbonyl (C=O) groups is 1. The van der Waals surface area contributed by atoms with E-state index in [0.717, 1.165) is 11.3 Å². The largest absolute Gasteiger partial charge is 0.481 e. The molecule has 1 heterocycles. The van der Waals surface area contributed by atoms with Gasteiger partial charge in [0.15, 0.2) is 0 Å². The Bertz CT molecular complexity index is 660. The highest BCUT2D eigenvalue weighted by Gasteiger charge is 2.03. The lowest BCUT2D eigenvalue weighted by Crippen LogP contribution is -2.24. The zero-order valence-electron chi connectivity index (χ0n) is 11.7. The van der Waals surface area contributed by atoms with E-state index >= 15 is 0 Å². The van der Waals surface area contributed by atoms with E-state index in [1.807, 2.05) is 31.2 Å². The van der Waals surface area contributed by atoms with Crippen LogP contribution >= 0.6 is 0 Å². The highest BCUT2D eigenvalue weighted by molar-refractivity contribution is 5.91. The van der Waals surface area contributed by atoms with Crippen LogP contribution in [0.25, 0.3) is 0 Å². The van der Waals surface area contributed by atoms with Crippen LogP contribution in [-0.4, -0.2) is 29.0 Å². The van der Waals surface area contributed by atoms with Gasteiger partial charge in [-0.15, -0.1) is 0 Å². The molecule has 2 aromatic rings. The number of hydrogen-bond acceptors (Lipinski definition) is 4. The minimum Gasteiger partial charge on any atom is -0.481 e. The molecule has 106 valence electrons. The molecule has 1 amide bonds. The summed E-state index contributed by atoms with van der Waals surface area (Å²) in [6, 6.07) is 7.74. The number of amides is 1. The van der Waals surface area contributed by atoms with Crippen LogP contribution in [0.3, 0.4) is 0 Å². The molecule has 0 radical (unpaired) electrons. The lowest BCUT2D eigenvalue weighted by atomic mass is 10.2. The summed E-state index contributed by atoms with van der Waals surface area (Å²) >= 11 is 0. The van der Waals surface area contributed by atoms with Gasteiger partial charge in [-0.3, -0.25) is 9.78 Å². The quantitative estimate of drug-likeness (QED) is 0.865. The van der Waals surface area contributed by atoms with Crippen LogP contribution in [0.4, 0.5) is 0 Å². The first kappa shape index (κ1) is 14.5. The summed E-state index contributed by atoms with van der Waals surface area (Å²) in [4.78, 5) is 19.4. The number of nitrogens with zero attached hydrogens (tertiary/aromatic N) is 2. The number of ether oxygens (including phenoxy) is 1. The Kier molecular flexibility index (Phi) is 5.30. The fourth-order valence-electron chi connectivity index (χ4n) is 1.58. The van der Waals surface area contributed by atoms with Crippen molar-refractivity contribution in [3.63, 3.8) is 0 Å². The number of aromatic nitrogens is 2. The van der Waals surface area contributed by atoms with Gasteiger partial charge in [-0.25, -0.2) is 4.98 Å². The minimum absolute atomic E-state index is 0.243. The molecule has 0 bridgehead atoms. The van der Waals surface area contributed by atoms with E-state index in [-0.39, 0.29) is 24.8 Å². The Hall–Kier alpha value is -2.87. The summed E-state index contributed by atoms with van der Waals surface area (Å²) in [6.07, 6.45) is 4.39. The number of benzene rings is 1. The van der Waals surface area contributed by atoms with Crippen LogP contribution in [0, 0.1) is 18.8 Å². The fraction of sp³-hybridized carbons (Fsp3) is 0.188. The highest BCUT2D eigenvalue weighted by Crippen LogP contribution is 2.15. The average Bonchev–Trinajstić information content (AvgIpc) is 2.53. The molecule has 0 aliphatic rings. The molecular formula is C16H15N3O2. The lowest BCUT2D eigenvalue weighted by molar-refractivity contribution is 0.0953. The van der Waals surface area contributed by atoms with E-state index < -0.39 is 0 Å². The third-order valence-corrected chi connectivity index (χ3v) is 2.65. The number of hydrogen-bond donors (Lipinski definition) is 1. The smallest absolute Gasteiger partial charge is 0.272 e. The number of para-hydroxylation sites is 1. The van der Waals surface area contributed by atoms with E-state index in [2.05, 4.69) is 27.1 Å². The van der Waals surface area contributed by atoms with Gasteiger partial charge in [0.1, 0.15) is 18.1 Å². The van der Waals surface area contributed by atoms with Crippen LogP contribution in [0.2, 0.25) is 0 Å². The van der Waals surface area contributed by atoms with Crippen molar-refractivity contribution >= 4 is 5.91 Å². The summed E-state index contributed by atoms with van der Waals surface area (Å²) in [5.74, 6) is 6.19. The molecule has 1 aromatic carbocycles. The molecule has 0 unspecified atom stereocenters. The predicted octanol–water partition coefficient (Wildman–Crippen LogP) is 1.60. The Balaban J connectivity index is 1.73. The highest BCUT2D eigenvalue weighted by atomic mass is 16.5. The van der Waals surface area contributed by atoms with Gasteiger partial charge in [-0.2, -0.15) is 0 Å². The van der Waals surface area contributed by atoms with Crippen molar-refractivity contribution in [2.24, 2.45) is 0 Å². The van der Waals surface area contributed by atoms with E-state index in [1.165, 1.54) is 18.6 Å². The summed E-state index contributed by atoms with van der Waals surface area (Å²) in [5.41, 5.74) is 1.34. The number of carbonyl (C=O) groups excluding carboxylic acids is 1. The lowest BCUT2D eigenvalue weighted by Gasteiger charge is -2.04. The van der Waals surface area contributed by atoms with E-state index in [1.54, 1.807) is 0 Å². The van der Waals surface area contributed by atoms with Gasteiger partial charge in [0.05, 0.1) is 12.7 Å². The topological polar surface area (TPSA) is 64.1 Å². The first-order valence-electron chi connectivity index (χ1n) is 6.46. The van der Waals surface area contributed by atoms with E-state index in [9.17, 15) is 4.79 Å². The molecule has 1 N–H and O–H groups in total. The summed E-state index contributed by atoms with van der Waals surface area (Å²) in [5, 5.41) is 2.64. The number of nitrogens with one attached hydrogen (secondary N) is 1. The van der Waals surface area contributed by atoms with Crippen molar-refractivity contribution < 1.29 is 9.53 Å². The summed E-state index contributed by atoms with van der Waals surface area (Å²) in [7, 11) is 0. The maximum atomic E-state index is 11.6. The molecule has 5 heteroatoms. The van der Waals surface area contributed by atoms with Crippen LogP contribution in [-0.2, 0) is 0 Å². The van der Waals surface area contributed by atoms with Crippen LogP contribution in [0.5, 0.6) is 5.75 Å². The van der Waals surface area contributed by atoms with Crippen molar-refractivity contribution in [1.82, 2.24) is 15.3 Å². The van der Waals surface area contributed by atoms with E-state index in [4.69, 9.17) is 4.74 Å². The van der Waals surface area contributed by atoms with Gasteiger partial charge in [0, 0.05) is 12.4 Å². The third kappa shape index (κ3) is 4.62. The molecule has 0 aliphatic heterocycles. The number of rotatable bonds is 4. The van der Waals surface area contributed by atoms with Gasteiger partial charge in [-0.1, -0.05) is 30.0 Å². The van der Waals surface area contributed by atoms with Gasteiger partial charge in [0.25, 0.3) is 5.91 Å². The Labute approximate surface area is 123 Å². The van der Waals surface area contributed by atoms with Gasteiger partial charge in [0.2, 0.25) is 0 Å². The summed E-state index contributed by atoms with van der Waals surface area (Å²) in [6.45, 7) is 2.50. The first-order chi connectivity index (χ1) is 10.3. The van der Waals surface area contributed by atoms with Crippen molar-refractivity contribution in [2.45, 2.75) is 6.92 Å². The SMILES string of the molecule is Cc1ccccc1OCC#CCNC(=O)c1cnccn1. The number of aryl methyl sites for hydroxylation is 1. The molecular weight excluding hydrogens is 266 g/mol. The molecule has 1 aromatic heterocycles. The standard InChI is InChI=1S/C16H15N3O2/c1-13-6-2-3-7-15(13)21-11-5-4-8-19-16(20)14-12-17-9-10-18-14/h2-3,6-7,9-10,12H,8,11H2,1H3,(H,19,20). The molecule has 0 saturated carbocycles. The van der Waals surface area contributed by atoms with Crippen LogP contribution in [0.15, 0.2) is 42.9 Å². The maximum absolute atomic E-state index is 11.6. The fourth-order valence-corrected chi connectivity index (χ4v) is 1.58. The molecule has 21 heavy (non-hydrogen) atoms. The maximum Gasteiger partial charge on any atom is 0.272 e. The zero-order chi connectivity index (χ0) is 14.9. The first-order valence-corrected chi connectivity index (χ1v) is 6.46. The Morgan fingerprint density at radius 2 is 2.14 bits per heavy atom. The predicted molar refractivity (Wildman–Crippen MR) is 78.8 cm³/mol. The van der Waals surface area contributed by atoms with Gasteiger partial charge < -0.3 is 10.1 Å². The third-order valence-electron chi connectivity index (χ3n) is 2.65. The van der Waals surface area contributed by atoms with Crippen molar-refractivity contribution in [1.29, 1.82) is 0 Å². The van der Waals surface area contributed by atoms with Gasteiger partial charge >= 0.3 is 0 Å². The second-order valence-corrected chi connectivity index (χ2v) is 4.18. The molecule has 0 spiro atoms. The normalized spacial score (nSPS) is 9.38. The average molecular weight is 281 g/mol. The van der Waals surface area contributed by atoms with Crippen LogP contribution < -0.4 is 10.1 Å². The van der Waals surface area contributed by atoms with Gasteiger partial charge in [-0.05, 0) is 18.6 Å². The zero-order valence-corrected chi connectivity index (χ0v) is 11.7. The molecule has 5 nitrogen and oxygen atoms in total. The van der Waals surface area contributed by atoms with E-state index in [0.29, 0.717) is 0 Å².